The lowest BCUT2D eigenvalue weighted by Crippen LogP contribution is -2.29. The van der Waals surface area contributed by atoms with Crippen molar-refractivity contribution in [2.24, 2.45) is 0 Å². The number of carbonyl (C=O) groups excluding carboxylic acids is 1. The van der Waals surface area contributed by atoms with Crippen molar-refractivity contribution < 1.29 is 4.79 Å². The third kappa shape index (κ3) is 4.53. The third-order valence-corrected chi connectivity index (χ3v) is 5.23. The van der Waals surface area contributed by atoms with Gasteiger partial charge in [0.1, 0.15) is 5.69 Å². The van der Waals surface area contributed by atoms with Crippen LogP contribution in [0, 0.1) is 0 Å². The fourth-order valence-corrected chi connectivity index (χ4v) is 3.90. The fourth-order valence-electron chi connectivity index (χ4n) is 2.75. The fraction of sp³-hybridized carbons (Fsp3) is 0.412. The zero-order valence-electron chi connectivity index (χ0n) is 12.8. The Morgan fingerprint density at radius 2 is 2.39 bits per heavy atom. The van der Waals surface area contributed by atoms with Crippen LogP contribution >= 0.6 is 22.9 Å². The average molecular weight is 350 g/mol. The van der Waals surface area contributed by atoms with Crippen LogP contribution in [0.1, 0.15) is 39.8 Å². The first-order chi connectivity index (χ1) is 11.2. The SMILES string of the molecule is O=C(NCCc1cccc(Cl)c1)c1csc(C2CCCNC2)n1. The number of halogens is 1. The van der Waals surface area contributed by atoms with Gasteiger partial charge in [-0.2, -0.15) is 0 Å². The van der Waals surface area contributed by atoms with Crippen LogP contribution in [-0.2, 0) is 6.42 Å². The Balaban J connectivity index is 1.51. The molecule has 0 spiro atoms. The van der Waals surface area contributed by atoms with Crippen molar-refractivity contribution in [3.8, 4) is 0 Å². The van der Waals surface area contributed by atoms with Gasteiger partial charge < -0.3 is 10.6 Å². The van der Waals surface area contributed by atoms with E-state index in [9.17, 15) is 4.79 Å². The second-order valence-corrected chi connectivity index (χ2v) is 7.08. The molecule has 1 amide bonds. The largest absolute Gasteiger partial charge is 0.350 e. The van der Waals surface area contributed by atoms with Gasteiger partial charge in [0.15, 0.2) is 0 Å². The van der Waals surface area contributed by atoms with E-state index in [1.54, 1.807) is 11.3 Å². The first-order valence-electron chi connectivity index (χ1n) is 7.91. The Morgan fingerprint density at radius 1 is 1.48 bits per heavy atom. The summed E-state index contributed by atoms with van der Waals surface area (Å²) in [7, 11) is 0. The number of amides is 1. The Hall–Kier alpha value is -1.43. The summed E-state index contributed by atoms with van der Waals surface area (Å²) >= 11 is 7.54. The lowest BCUT2D eigenvalue weighted by molar-refractivity contribution is 0.0949. The van der Waals surface area contributed by atoms with Crippen LogP contribution in [0.4, 0.5) is 0 Å². The summed E-state index contributed by atoms with van der Waals surface area (Å²) in [6, 6.07) is 7.70. The first-order valence-corrected chi connectivity index (χ1v) is 9.17. The predicted molar refractivity (Wildman–Crippen MR) is 94.4 cm³/mol. The van der Waals surface area contributed by atoms with Crippen LogP contribution in [-0.4, -0.2) is 30.5 Å². The molecule has 1 aliphatic heterocycles. The van der Waals surface area contributed by atoms with Gasteiger partial charge in [-0.3, -0.25) is 4.79 Å². The Bertz CT molecular complexity index is 667. The molecule has 1 unspecified atom stereocenters. The minimum Gasteiger partial charge on any atom is -0.350 e. The van der Waals surface area contributed by atoms with Crippen LogP contribution < -0.4 is 10.6 Å². The summed E-state index contributed by atoms with van der Waals surface area (Å²) in [4.78, 5) is 16.7. The summed E-state index contributed by atoms with van der Waals surface area (Å²) in [6.45, 7) is 2.62. The number of thiazole rings is 1. The number of aromatic nitrogens is 1. The molecule has 1 aliphatic rings. The van der Waals surface area contributed by atoms with Crippen LogP contribution in [0.3, 0.4) is 0 Å². The van der Waals surface area contributed by atoms with Crippen molar-refractivity contribution in [3.63, 3.8) is 0 Å². The van der Waals surface area contributed by atoms with Crippen molar-refractivity contribution in [3.05, 3.63) is 50.9 Å². The topological polar surface area (TPSA) is 54.0 Å². The minimum atomic E-state index is -0.0988. The van der Waals surface area contributed by atoms with E-state index >= 15 is 0 Å². The second kappa shape index (κ2) is 7.90. The molecule has 23 heavy (non-hydrogen) atoms. The normalized spacial score (nSPS) is 17.9. The van der Waals surface area contributed by atoms with Crippen molar-refractivity contribution in [2.75, 3.05) is 19.6 Å². The number of nitrogens with one attached hydrogen (secondary N) is 2. The van der Waals surface area contributed by atoms with E-state index in [1.165, 1.54) is 6.42 Å². The van der Waals surface area contributed by atoms with Gasteiger partial charge in [-0.05, 0) is 43.5 Å². The number of benzene rings is 1. The maximum Gasteiger partial charge on any atom is 0.270 e. The zero-order chi connectivity index (χ0) is 16.1. The summed E-state index contributed by atoms with van der Waals surface area (Å²) < 4.78 is 0. The van der Waals surface area contributed by atoms with Gasteiger partial charge in [0.05, 0.1) is 5.01 Å². The summed E-state index contributed by atoms with van der Waals surface area (Å²) in [5.74, 6) is 0.347. The Kier molecular flexibility index (Phi) is 5.65. The maximum absolute atomic E-state index is 12.2. The van der Waals surface area contributed by atoms with Gasteiger partial charge in [-0.15, -0.1) is 11.3 Å². The van der Waals surface area contributed by atoms with Crippen molar-refractivity contribution in [2.45, 2.75) is 25.2 Å². The number of hydrogen-bond donors (Lipinski definition) is 2. The van der Waals surface area contributed by atoms with Crippen molar-refractivity contribution >= 4 is 28.8 Å². The summed E-state index contributed by atoms with van der Waals surface area (Å²) in [6.07, 6.45) is 3.08. The first kappa shape index (κ1) is 16.4. The molecule has 122 valence electrons. The van der Waals surface area contributed by atoms with Crippen LogP contribution in [0.15, 0.2) is 29.6 Å². The molecule has 2 aromatic rings. The standard InChI is InChI=1S/C17H20ClN3OS/c18-14-5-1-3-12(9-14)6-8-20-16(22)15-11-23-17(21-15)13-4-2-7-19-10-13/h1,3,5,9,11,13,19H,2,4,6-8,10H2,(H,20,22). The van der Waals surface area contributed by atoms with Gasteiger partial charge in [0.25, 0.3) is 5.91 Å². The highest BCUT2D eigenvalue weighted by Crippen LogP contribution is 2.26. The molecule has 0 saturated carbocycles. The lowest BCUT2D eigenvalue weighted by Gasteiger charge is -2.20. The molecular weight excluding hydrogens is 330 g/mol. The lowest BCUT2D eigenvalue weighted by atomic mass is 10.0. The van der Waals surface area contributed by atoms with E-state index in [2.05, 4.69) is 15.6 Å². The van der Waals surface area contributed by atoms with E-state index in [4.69, 9.17) is 11.6 Å². The molecule has 1 aromatic heterocycles. The second-order valence-electron chi connectivity index (χ2n) is 5.75. The monoisotopic (exact) mass is 349 g/mol. The van der Waals surface area contributed by atoms with Crippen LogP contribution in [0.2, 0.25) is 5.02 Å². The van der Waals surface area contributed by atoms with Crippen molar-refractivity contribution in [1.82, 2.24) is 15.6 Å². The number of piperidine rings is 1. The summed E-state index contributed by atoms with van der Waals surface area (Å²) in [5.41, 5.74) is 1.65. The smallest absolute Gasteiger partial charge is 0.270 e. The van der Waals surface area contributed by atoms with E-state index < -0.39 is 0 Å². The van der Waals surface area contributed by atoms with E-state index in [-0.39, 0.29) is 5.91 Å². The Labute approximate surface area is 145 Å². The number of hydrogen-bond acceptors (Lipinski definition) is 4. The molecular formula is C17H20ClN3OS. The molecule has 1 saturated heterocycles. The molecule has 0 bridgehead atoms. The predicted octanol–water partition coefficient (Wildman–Crippen LogP) is 3.24. The highest BCUT2D eigenvalue weighted by atomic mass is 35.5. The number of nitrogens with zero attached hydrogens (tertiary/aromatic N) is 1. The highest BCUT2D eigenvalue weighted by Gasteiger charge is 2.20. The Morgan fingerprint density at radius 3 is 3.17 bits per heavy atom. The van der Waals surface area contributed by atoms with E-state index in [1.807, 2.05) is 29.6 Å². The molecule has 2 heterocycles. The van der Waals surface area contributed by atoms with Crippen molar-refractivity contribution in [1.29, 1.82) is 0 Å². The average Bonchev–Trinajstić information content (AvgIpc) is 3.06. The molecule has 0 radical (unpaired) electrons. The molecule has 4 nitrogen and oxygen atoms in total. The molecule has 2 N–H and O–H groups in total. The van der Waals surface area contributed by atoms with Crippen LogP contribution in [0.25, 0.3) is 0 Å². The van der Waals surface area contributed by atoms with E-state index in [0.29, 0.717) is 18.2 Å². The van der Waals surface area contributed by atoms with Gasteiger partial charge >= 0.3 is 0 Å². The molecule has 1 atom stereocenters. The molecule has 3 rings (SSSR count). The van der Waals surface area contributed by atoms with Crippen LogP contribution in [0.5, 0.6) is 0 Å². The van der Waals surface area contributed by atoms with Gasteiger partial charge in [0.2, 0.25) is 0 Å². The molecule has 0 aliphatic carbocycles. The highest BCUT2D eigenvalue weighted by molar-refractivity contribution is 7.09. The van der Waals surface area contributed by atoms with Gasteiger partial charge in [-0.1, -0.05) is 23.7 Å². The molecule has 6 heteroatoms. The van der Waals surface area contributed by atoms with Gasteiger partial charge in [-0.25, -0.2) is 4.98 Å². The quantitative estimate of drug-likeness (QED) is 0.871. The maximum atomic E-state index is 12.2. The number of carbonyl (C=O) groups is 1. The molecule has 1 aromatic carbocycles. The summed E-state index contributed by atoms with van der Waals surface area (Å²) in [5, 5.41) is 9.96. The minimum absolute atomic E-state index is 0.0988. The van der Waals surface area contributed by atoms with Gasteiger partial charge in [0, 0.05) is 29.4 Å². The zero-order valence-corrected chi connectivity index (χ0v) is 14.4. The van der Waals surface area contributed by atoms with E-state index in [0.717, 1.165) is 41.5 Å². The third-order valence-electron chi connectivity index (χ3n) is 3.99. The number of rotatable bonds is 5. The molecule has 1 fully saturated rings.